The lowest BCUT2D eigenvalue weighted by Crippen LogP contribution is -2.28. The highest BCUT2D eigenvalue weighted by Gasteiger charge is 2.39. The van der Waals surface area contributed by atoms with Crippen LogP contribution in [0.3, 0.4) is 0 Å². The molecule has 3 aromatic rings. The molecule has 3 aromatic carbocycles. The van der Waals surface area contributed by atoms with E-state index in [-0.39, 0.29) is 29.0 Å². The third kappa shape index (κ3) is 5.43. The fourth-order valence-corrected chi connectivity index (χ4v) is 8.06. The van der Waals surface area contributed by atoms with Crippen molar-refractivity contribution in [2.45, 2.75) is 25.9 Å². The molecule has 0 N–H and O–H groups in total. The molecule has 1 aliphatic heterocycles. The van der Waals surface area contributed by atoms with Gasteiger partial charge in [-0.1, -0.05) is 91.0 Å². The molecule has 0 amide bonds. The Bertz CT molecular complexity index is 1430. The van der Waals surface area contributed by atoms with Gasteiger partial charge in [0.1, 0.15) is 17.2 Å². The molecule has 0 aromatic heterocycles. The van der Waals surface area contributed by atoms with Crippen LogP contribution < -0.4 is 15.9 Å². The van der Waals surface area contributed by atoms with E-state index in [9.17, 15) is 14.9 Å². The van der Waals surface area contributed by atoms with Crippen LogP contribution in [0.4, 0.5) is 0 Å². The van der Waals surface area contributed by atoms with Crippen LogP contribution in [0.5, 0.6) is 0 Å². The van der Waals surface area contributed by atoms with Crippen LogP contribution >= 0.6 is 7.05 Å². The molecule has 0 saturated carbocycles. The van der Waals surface area contributed by atoms with Crippen molar-refractivity contribution in [1.82, 2.24) is 0 Å². The van der Waals surface area contributed by atoms with Crippen molar-refractivity contribution in [2.24, 2.45) is 4.74 Å². The summed E-state index contributed by atoms with van der Waals surface area (Å²) in [5, 5.41) is 13.0. The van der Waals surface area contributed by atoms with E-state index in [1.54, 1.807) is 13.8 Å². The topological polar surface area (TPSA) is 98.0 Å². The zero-order chi connectivity index (χ0) is 28.0. The molecule has 0 atom stereocenters. The first kappa shape index (κ1) is 27.6. The summed E-state index contributed by atoms with van der Waals surface area (Å²) in [6.07, 6.45) is 0.0233. The van der Waals surface area contributed by atoms with Crippen molar-refractivity contribution < 1.29 is 23.8 Å². The normalized spacial score (nSPS) is 14.9. The largest absolute Gasteiger partial charge is 0.471 e. The number of benzene rings is 3. The van der Waals surface area contributed by atoms with Gasteiger partial charge in [-0.05, 0) is 13.8 Å². The van der Waals surface area contributed by atoms with Crippen molar-refractivity contribution in [3.8, 4) is 6.07 Å². The summed E-state index contributed by atoms with van der Waals surface area (Å²) in [5.41, 5.74) is -1.37. The maximum Gasteiger partial charge on any atom is 0.344 e. The van der Waals surface area contributed by atoms with E-state index >= 15 is 0 Å². The van der Waals surface area contributed by atoms with E-state index in [1.165, 1.54) is 14.2 Å². The summed E-state index contributed by atoms with van der Waals surface area (Å²) in [5.74, 6) is -1.62. The van der Waals surface area contributed by atoms with Crippen molar-refractivity contribution in [2.75, 3.05) is 14.2 Å². The lowest BCUT2D eigenvalue weighted by Gasteiger charge is -2.30. The average Bonchev–Trinajstić information content (AvgIpc) is 3.09. The lowest BCUT2D eigenvalue weighted by molar-refractivity contribution is -0.137. The second kappa shape index (κ2) is 11.6. The lowest BCUT2D eigenvalue weighted by atomic mass is 9.93. The van der Waals surface area contributed by atoms with Crippen molar-refractivity contribution in [1.29, 1.82) is 5.26 Å². The summed E-state index contributed by atoms with van der Waals surface area (Å²) in [4.78, 5) is 26.1. The first-order valence-electron chi connectivity index (χ1n) is 12.3. The zero-order valence-corrected chi connectivity index (χ0v) is 23.1. The quantitative estimate of drug-likeness (QED) is 0.331. The maximum atomic E-state index is 13.3. The Labute approximate surface area is 228 Å². The third-order valence-electron chi connectivity index (χ3n) is 6.30. The van der Waals surface area contributed by atoms with Gasteiger partial charge in [0.15, 0.2) is 0 Å². The number of rotatable bonds is 6. The summed E-state index contributed by atoms with van der Waals surface area (Å²) < 4.78 is 21.9. The molecule has 198 valence electrons. The van der Waals surface area contributed by atoms with Crippen LogP contribution in [0, 0.1) is 11.3 Å². The number of esters is 2. The molecule has 0 aliphatic carbocycles. The van der Waals surface area contributed by atoms with E-state index in [2.05, 4.69) is 0 Å². The summed E-state index contributed by atoms with van der Waals surface area (Å²) in [6.45, 7) is 3.54. The van der Waals surface area contributed by atoms with Gasteiger partial charge < -0.3 is 14.2 Å². The minimum Gasteiger partial charge on any atom is -0.471 e. The summed E-state index contributed by atoms with van der Waals surface area (Å²) in [6, 6.07) is 31.5. The van der Waals surface area contributed by atoms with Crippen molar-refractivity contribution in [3.05, 3.63) is 114 Å². The fraction of sp³-hybridized carbons (Fsp3) is 0.194. The minimum atomic E-state index is -2.89. The molecule has 7 nitrogen and oxygen atoms in total. The molecule has 0 radical (unpaired) electrons. The molecule has 0 unspecified atom stereocenters. The number of nitriles is 1. The summed E-state index contributed by atoms with van der Waals surface area (Å²) in [7, 11) is -0.445. The number of carbonyl (C=O) groups excluding carboxylic acids is 2. The molecule has 0 spiro atoms. The summed E-state index contributed by atoms with van der Waals surface area (Å²) >= 11 is 0. The number of hydrogen-bond acceptors (Lipinski definition) is 7. The molecule has 0 saturated heterocycles. The van der Waals surface area contributed by atoms with E-state index in [4.69, 9.17) is 19.0 Å². The Morgan fingerprint density at radius 3 is 1.64 bits per heavy atom. The van der Waals surface area contributed by atoms with Crippen LogP contribution in [0.25, 0.3) is 0 Å². The van der Waals surface area contributed by atoms with Gasteiger partial charge in [0.25, 0.3) is 0 Å². The minimum absolute atomic E-state index is 0.0233. The molecule has 39 heavy (non-hydrogen) atoms. The highest BCUT2D eigenvalue weighted by Crippen LogP contribution is 2.50. The zero-order valence-electron chi connectivity index (χ0n) is 22.3. The maximum absolute atomic E-state index is 13.3. The molecule has 1 aliphatic rings. The van der Waals surface area contributed by atoms with Crippen molar-refractivity contribution >= 4 is 34.9 Å². The molecular weight excluding hydrogens is 511 g/mol. The van der Waals surface area contributed by atoms with Crippen LogP contribution in [0.2, 0.25) is 0 Å². The first-order chi connectivity index (χ1) is 18.8. The Morgan fingerprint density at radius 1 is 0.821 bits per heavy atom. The Morgan fingerprint density at radius 2 is 1.26 bits per heavy atom. The molecule has 8 heteroatoms. The van der Waals surface area contributed by atoms with Crippen LogP contribution in [0.15, 0.2) is 118 Å². The van der Waals surface area contributed by atoms with Crippen LogP contribution in [-0.4, -0.2) is 31.8 Å². The fourth-order valence-electron chi connectivity index (χ4n) is 4.59. The number of methoxy groups -OCH3 is 2. The van der Waals surface area contributed by atoms with E-state index in [0.717, 1.165) is 15.9 Å². The Hall–Kier alpha value is -4.40. The van der Waals surface area contributed by atoms with E-state index in [1.807, 2.05) is 97.1 Å². The van der Waals surface area contributed by atoms with Crippen LogP contribution in [0.1, 0.15) is 20.3 Å². The van der Waals surface area contributed by atoms with Crippen molar-refractivity contribution in [3.63, 3.8) is 0 Å². The van der Waals surface area contributed by atoms with Gasteiger partial charge in [-0.3, -0.25) is 0 Å². The van der Waals surface area contributed by atoms with Gasteiger partial charge in [0, 0.05) is 22.3 Å². The Balaban J connectivity index is 2.26. The smallest absolute Gasteiger partial charge is 0.344 e. The van der Waals surface area contributed by atoms with E-state index in [0.29, 0.717) is 0 Å². The molecule has 4 rings (SSSR count). The second-order valence-electron chi connectivity index (χ2n) is 9.41. The van der Waals surface area contributed by atoms with Gasteiger partial charge in [-0.2, -0.15) is 5.26 Å². The van der Waals surface area contributed by atoms with Gasteiger partial charge in [0.05, 0.1) is 32.4 Å². The predicted octanol–water partition coefficient (Wildman–Crippen LogP) is 4.74. The SMILES string of the molecule is COC(=O)C1=C(C#N)C(C(=O)OC)=C(N=P(c2ccccc2)(c2ccccc2)c2ccccc2)OC(C)(C)C1. The average molecular weight is 541 g/mol. The molecular formula is C31H29N2O5P. The van der Waals surface area contributed by atoms with Gasteiger partial charge in [0.2, 0.25) is 5.88 Å². The predicted molar refractivity (Wildman–Crippen MR) is 151 cm³/mol. The van der Waals surface area contributed by atoms with E-state index < -0.39 is 24.6 Å². The Kier molecular flexibility index (Phi) is 8.18. The molecule has 1 heterocycles. The van der Waals surface area contributed by atoms with Crippen LogP contribution in [-0.2, 0) is 23.8 Å². The highest BCUT2D eigenvalue weighted by atomic mass is 31.2. The highest BCUT2D eigenvalue weighted by molar-refractivity contribution is 7.87. The first-order valence-corrected chi connectivity index (χ1v) is 14.0. The number of carbonyl (C=O) groups is 2. The standard InChI is InChI=1S/C31H29N2O5P/c1-31(2)20-25(29(34)36-3)26(21-32)27(30(35)37-4)28(38-31)33-39(22-14-8-5-9-15-22,23-16-10-6-11-17-23)24-18-12-7-13-19-24/h5-19H,20H2,1-4H3. The number of nitrogens with zero attached hydrogens (tertiary/aromatic N) is 2. The molecule has 0 fully saturated rings. The van der Waals surface area contributed by atoms with Gasteiger partial charge >= 0.3 is 11.9 Å². The second-order valence-corrected chi connectivity index (χ2v) is 12.4. The number of ether oxygens (including phenoxy) is 3. The monoisotopic (exact) mass is 540 g/mol. The molecule has 0 bridgehead atoms. The van der Waals surface area contributed by atoms with Gasteiger partial charge in [-0.15, -0.1) is 0 Å². The third-order valence-corrected chi connectivity index (χ3v) is 9.92. The van der Waals surface area contributed by atoms with Gasteiger partial charge in [-0.25, -0.2) is 14.3 Å². The number of hydrogen-bond donors (Lipinski definition) is 0.